The summed E-state index contributed by atoms with van der Waals surface area (Å²) in [5.74, 6) is 0.787. The second-order valence-electron chi connectivity index (χ2n) is 4.56. The molecule has 1 aromatic rings. The Morgan fingerprint density at radius 1 is 1.43 bits per heavy atom. The lowest BCUT2D eigenvalue weighted by molar-refractivity contribution is -0.121. The van der Waals surface area contributed by atoms with Gasteiger partial charge in [-0.15, -0.1) is 35.3 Å². The third kappa shape index (κ3) is 8.92. The molecule has 0 fully saturated rings. The third-order valence-corrected chi connectivity index (χ3v) is 3.77. The zero-order valence-corrected chi connectivity index (χ0v) is 16.0. The van der Waals surface area contributed by atoms with Crippen molar-refractivity contribution < 1.29 is 4.79 Å². The van der Waals surface area contributed by atoms with E-state index in [1.165, 1.54) is 4.88 Å². The Hall–Kier alpha value is -0.830. The number of nitrogens with one attached hydrogen (secondary N) is 3. The van der Waals surface area contributed by atoms with Crippen molar-refractivity contribution in [2.24, 2.45) is 4.99 Å². The fourth-order valence-corrected chi connectivity index (χ4v) is 2.19. The highest BCUT2D eigenvalue weighted by molar-refractivity contribution is 14.0. The SMILES string of the molecule is CCC(C)NC(=O)CCNC(=NC)NCc1cccs1.I. The molecule has 0 radical (unpaired) electrons. The van der Waals surface area contributed by atoms with E-state index in [0.29, 0.717) is 13.0 Å². The standard InChI is InChI=1S/C14H24N4OS.HI/c1-4-11(2)18-13(19)7-8-16-14(15-3)17-10-12-6-5-9-20-12;/h5-6,9,11H,4,7-8,10H2,1-3H3,(H,18,19)(H2,15,16,17);1H. The molecular formula is C14H25IN4OS. The monoisotopic (exact) mass is 424 g/mol. The Balaban J connectivity index is 0.00000400. The smallest absolute Gasteiger partial charge is 0.221 e. The maximum atomic E-state index is 11.6. The molecule has 0 spiro atoms. The number of halogens is 1. The minimum atomic E-state index is 0. The van der Waals surface area contributed by atoms with Crippen LogP contribution in [-0.2, 0) is 11.3 Å². The van der Waals surface area contributed by atoms with Crippen molar-refractivity contribution in [1.82, 2.24) is 16.0 Å². The summed E-state index contributed by atoms with van der Waals surface area (Å²) in [6.45, 7) is 5.38. The molecule has 0 saturated carbocycles. The average Bonchev–Trinajstić information content (AvgIpc) is 2.95. The van der Waals surface area contributed by atoms with Gasteiger partial charge >= 0.3 is 0 Å². The van der Waals surface area contributed by atoms with Crippen LogP contribution in [0.15, 0.2) is 22.5 Å². The summed E-state index contributed by atoms with van der Waals surface area (Å²) < 4.78 is 0. The zero-order chi connectivity index (χ0) is 14.8. The molecule has 5 nitrogen and oxygen atoms in total. The van der Waals surface area contributed by atoms with Crippen molar-refractivity contribution in [2.75, 3.05) is 13.6 Å². The largest absolute Gasteiger partial charge is 0.356 e. The van der Waals surface area contributed by atoms with Crippen molar-refractivity contribution in [2.45, 2.75) is 39.3 Å². The van der Waals surface area contributed by atoms with E-state index in [0.717, 1.165) is 18.9 Å². The van der Waals surface area contributed by atoms with E-state index in [9.17, 15) is 4.79 Å². The van der Waals surface area contributed by atoms with Crippen LogP contribution < -0.4 is 16.0 Å². The maximum absolute atomic E-state index is 11.6. The maximum Gasteiger partial charge on any atom is 0.221 e. The minimum absolute atomic E-state index is 0. The van der Waals surface area contributed by atoms with Gasteiger partial charge in [-0.3, -0.25) is 9.79 Å². The number of guanidine groups is 1. The van der Waals surface area contributed by atoms with Gasteiger partial charge in [0.05, 0.1) is 6.54 Å². The molecule has 0 saturated heterocycles. The van der Waals surface area contributed by atoms with Crippen LogP contribution in [0.3, 0.4) is 0 Å². The first-order valence-corrected chi connectivity index (χ1v) is 7.80. The van der Waals surface area contributed by atoms with Gasteiger partial charge in [-0.2, -0.15) is 0 Å². The molecule has 0 aromatic carbocycles. The Labute approximate surface area is 148 Å². The quantitative estimate of drug-likeness (QED) is 0.358. The van der Waals surface area contributed by atoms with Crippen molar-refractivity contribution in [3.63, 3.8) is 0 Å². The molecule has 21 heavy (non-hydrogen) atoms. The number of aliphatic imine (C=N–C) groups is 1. The van der Waals surface area contributed by atoms with Gasteiger partial charge in [0.2, 0.25) is 5.91 Å². The zero-order valence-electron chi connectivity index (χ0n) is 12.8. The van der Waals surface area contributed by atoms with Gasteiger partial charge in [0.25, 0.3) is 0 Å². The molecule has 1 amide bonds. The van der Waals surface area contributed by atoms with Gasteiger partial charge in [0.15, 0.2) is 5.96 Å². The molecule has 0 aliphatic rings. The van der Waals surface area contributed by atoms with Crippen LogP contribution in [-0.4, -0.2) is 31.5 Å². The lowest BCUT2D eigenvalue weighted by Gasteiger charge is -2.13. The molecular weight excluding hydrogens is 399 g/mol. The van der Waals surface area contributed by atoms with Crippen molar-refractivity contribution in [3.8, 4) is 0 Å². The van der Waals surface area contributed by atoms with Crippen molar-refractivity contribution in [1.29, 1.82) is 0 Å². The van der Waals surface area contributed by atoms with E-state index < -0.39 is 0 Å². The van der Waals surface area contributed by atoms with Crippen LogP contribution in [0.1, 0.15) is 31.6 Å². The van der Waals surface area contributed by atoms with Crippen LogP contribution in [0.4, 0.5) is 0 Å². The lowest BCUT2D eigenvalue weighted by atomic mass is 10.2. The van der Waals surface area contributed by atoms with E-state index in [4.69, 9.17) is 0 Å². The molecule has 1 rings (SSSR count). The molecule has 0 aliphatic heterocycles. The van der Waals surface area contributed by atoms with Crippen LogP contribution in [0.5, 0.6) is 0 Å². The molecule has 120 valence electrons. The second kappa shape index (κ2) is 11.8. The number of carbonyl (C=O) groups is 1. The van der Waals surface area contributed by atoms with Gasteiger partial charge < -0.3 is 16.0 Å². The fraction of sp³-hybridized carbons (Fsp3) is 0.571. The van der Waals surface area contributed by atoms with Crippen LogP contribution in [0.25, 0.3) is 0 Å². The van der Waals surface area contributed by atoms with Gasteiger partial charge in [0, 0.05) is 30.9 Å². The summed E-state index contributed by atoms with van der Waals surface area (Å²) in [7, 11) is 1.73. The molecule has 1 unspecified atom stereocenters. The number of hydrogen-bond donors (Lipinski definition) is 3. The third-order valence-electron chi connectivity index (χ3n) is 2.90. The van der Waals surface area contributed by atoms with Gasteiger partial charge in [-0.1, -0.05) is 13.0 Å². The highest BCUT2D eigenvalue weighted by atomic mass is 127. The number of thiophene rings is 1. The second-order valence-corrected chi connectivity index (χ2v) is 5.59. The summed E-state index contributed by atoms with van der Waals surface area (Å²) in [5, 5.41) is 11.3. The predicted octanol–water partition coefficient (Wildman–Crippen LogP) is 2.34. The first kappa shape index (κ1) is 20.2. The molecule has 0 bridgehead atoms. The number of hydrogen-bond acceptors (Lipinski definition) is 3. The van der Waals surface area contributed by atoms with E-state index in [1.807, 2.05) is 18.4 Å². The molecule has 1 heterocycles. The Morgan fingerprint density at radius 3 is 2.76 bits per heavy atom. The lowest BCUT2D eigenvalue weighted by Crippen LogP contribution is -2.39. The normalized spacial score (nSPS) is 12.2. The van der Waals surface area contributed by atoms with Crippen molar-refractivity contribution in [3.05, 3.63) is 22.4 Å². The van der Waals surface area contributed by atoms with Gasteiger partial charge in [-0.05, 0) is 24.8 Å². The summed E-state index contributed by atoms with van der Waals surface area (Å²) >= 11 is 1.70. The van der Waals surface area contributed by atoms with Crippen LogP contribution in [0.2, 0.25) is 0 Å². The highest BCUT2D eigenvalue weighted by Crippen LogP contribution is 2.06. The Kier molecular flexibility index (Phi) is 11.3. The van der Waals surface area contributed by atoms with E-state index in [2.05, 4.69) is 33.9 Å². The first-order valence-electron chi connectivity index (χ1n) is 6.92. The fourth-order valence-electron chi connectivity index (χ4n) is 1.55. The number of amides is 1. The molecule has 1 atom stereocenters. The molecule has 7 heteroatoms. The molecule has 3 N–H and O–H groups in total. The topological polar surface area (TPSA) is 65.5 Å². The number of nitrogens with zero attached hydrogens (tertiary/aromatic N) is 1. The minimum Gasteiger partial charge on any atom is -0.356 e. The number of rotatable bonds is 7. The summed E-state index contributed by atoms with van der Waals surface area (Å²) in [5.41, 5.74) is 0. The average molecular weight is 424 g/mol. The Morgan fingerprint density at radius 2 is 2.19 bits per heavy atom. The molecule has 0 aliphatic carbocycles. The summed E-state index contributed by atoms with van der Waals surface area (Å²) in [6, 6.07) is 4.33. The predicted molar refractivity (Wildman–Crippen MR) is 100 cm³/mol. The van der Waals surface area contributed by atoms with Gasteiger partial charge in [-0.25, -0.2) is 0 Å². The van der Waals surface area contributed by atoms with Crippen molar-refractivity contribution >= 4 is 47.2 Å². The van der Waals surface area contributed by atoms with E-state index in [1.54, 1.807) is 18.4 Å². The van der Waals surface area contributed by atoms with E-state index in [-0.39, 0.29) is 35.9 Å². The summed E-state index contributed by atoms with van der Waals surface area (Å²) in [6.07, 6.45) is 1.40. The Bertz CT molecular complexity index is 423. The molecule has 1 aromatic heterocycles. The number of carbonyl (C=O) groups excluding carboxylic acids is 1. The van der Waals surface area contributed by atoms with Crippen LogP contribution >= 0.6 is 35.3 Å². The first-order chi connectivity index (χ1) is 9.65. The van der Waals surface area contributed by atoms with Crippen LogP contribution in [0, 0.1) is 0 Å². The van der Waals surface area contributed by atoms with E-state index >= 15 is 0 Å². The summed E-state index contributed by atoms with van der Waals surface area (Å²) in [4.78, 5) is 17.0. The van der Waals surface area contributed by atoms with Gasteiger partial charge in [0.1, 0.15) is 0 Å². The highest BCUT2D eigenvalue weighted by Gasteiger charge is 2.05.